The van der Waals surface area contributed by atoms with Crippen LogP contribution in [0.15, 0.2) is 6.07 Å². The van der Waals surface area contributed by atoms with Crippen LogP contribution in [0.1, 0.15) is 45.9 Å². The Labute approximate surface area is 122 Å². The van der Waals surface area contributed by atoms with Gasteiger partial charge in [-0.05, 0) is 26.4 Å². The van der Waals surface area contributed by atoms with Crippen LogP contribution >= 0.6 is 0 Å². The minimum Gasteiger partial charge on any atom is -0.384 e. The molecule has 1 fully saturated rings. The van der Waals surface area contributed by atoms with Gasteiger partial charge in [0.25, 0.3) is 0 Å². The summed E-state index contributed by atoms with van der Waals surface area (Å²) in [6, 6.07) is 2.40. The molecule has 0 amide bonds. The van der Waals surface area contributed by atoms with E-state index in [1.54, 1.807) is 0 Å². The van der Waals surface area contributed by atoms with Gasteiger partial charge in [0.1, 0.15) is 17.5 Å². The number of likely N-dealkylation sites (N-methyl/N-ethyl adjacent to an activating group) is 1. The highest BCUT2D eigenvalue weighted by Crippen LogP contribution is 2.22. The summed E-state index contributed by atoms with van der Waals surface area (Å²) in [4.78, 5) is 11.3. The summed E-state index contributed by atoms with van der Waals surface area (Å²) in [6.07, 6.45) is 3.87. The highest BCUT2D eigenvalue weighted by atomic mass is 15.2. The lowest BCUT2D eigenvalue weighted by Crippen LogP contribution is -2.40. The predicted octanol–water partition coefficient (Wildman–Crippen LogP) is 2.25. The molecule has 0 bridgehead atoms. The number of rotatable bonds is 3. The first-order valence-corrected chi connectivity index (χ1v) is 7.45. The zero-order chi connectivity index (χ0) is 14.8. The second-order valence-electron chi connectivity index (χ2n) is 6.76. The molecule has 2 heterocycles. The maximum atomic E-state index is 5.89. The van der Waals surface area contributed by atoms with Crippen LogP contribution in [0.4, 0.5) is 11.6 Å². The van der Waals surface area contributed by atoms with Crippen LogP contribution in [0.3, 0.4) is 0 Å². The molecule has 1 saturated heterocycles. The average Bonchev–Trinajstić information content (AvgIpc) is 2.36. The third-order valence-corrected chi connectivity index (χ3v) is 3.86. The molecule has 5 heteroatoms. The van der Waals surface area contributed by atoms with E-state index in [1.165, 1.54) is 25.8 Å². The fraction of sp³-hybridized carbons (Fsp3) is 0.733. The molecule has 20 heavy (non-hydrogen) atoms. The summed E-state index contributed by atoms with van der Waals surface area (Å²) < 4.78 is 0. The summed E-state index contributed by atoms with van der Waals surface area (Å²) in [5, 5.41) is 3.43. The molecule has 0 aliphatic carbocycles. The largest absolute Gasteiger partial charge is 0.384 e. The van der Waals surface area contributed by atoms with Crippen molar-refractivity contribution in [1.82, 2.24) is 14.9 Å². The average molecular weight is 277 g/mol. The van der Waals surface area contributed by atoms with Crippen LogP contribution in [-0.2, 0) is 5.41 Å². The molecule has 0 radical (unpaired) electrons. The number of anilines is 2. The first-order valence-electron chi connectivity index (χ1n) is 7.45. The maximum Gasteiger partial charge on any atom is 0.138 e. The van der Waals surface area contributed by atoms with Crippen LogP contribution < -0.4 is 11.1 Å². The van der Waals surface area contributed by atoms with E-state index in [1.807, 2.05) is 6.07 Å². The van der Waals surface area contributed by atoms with E-state index in [9.17, 15) is 0 Å². The zero-order valence-corrected chi connectivity index (χ0v) is 13.1. The van der Waals surface area contributed by atoms with Crippen LogP contribution in [-0.4, -0.2) is 41.0 Å². The molecule has 1 atom stereocenters. The Bertz CT molecular complexity index is 452. The van der Waals surface area contributed by atoms with Gasteiger partial charge in [-0.15, -0.1) is 0 Å². The number of nitrogens with two attached hydrogens (primary N) is 1. The number of likely N-dealkylation sites (tertiary alicyclic amines) is 1. The highest BCUT2D eigenvalue weighted by molar-refractivity contribution is 5.45. The molecule has 0 aromatic carbocycles. The summed E-state index contributed by atoms with van der Waals surface area (Å²) >= 11 is 0. The first-order chi connectivity index (χ1) is 9.36. The van der Waals surface area contributed by atoms with Gasteiger partial charge in [-0.2, -0.15) is 0 Å². The molecule has 112 valence electrons. The topological polar surface area (TPSA) is 67.1 Å². The summed E-state index contributed by atoms with van der Waals surface area (Å²) in [5.74, 6) is 2.16. The van der Waals surface area contributed by atoms with Crippen LogP contribution in [0, 0.1) is 0 Å². The Morgan fingerprint density at radius 2 is 2.10 bits per heavy atom. The molecular weight excluding hydrogens is 250 g/mol. The molecule has 0 saturated carbocycles. The van der Waals surface area contributed by atoms with Gasteiger partial charge in [0, 0.05) is 24.1 Å². The smallest absolute Gasteiger partial charge is 0.138 e. The van der Waals surface area contributed by atoms with Crippen LogP contribution in [0.25, 0.3) is 0 Å². The predicted molar refractivity (Wildman–Crippen MR) is 83.9 cm³/mol. The molecule has 5 nitrogen and oxygen atoms in total. The number of nitrogen functional groups attached to an aromatic ring is 1. The van der Waals surface area contributed by atoms with E-state index in [0.717, 1.165) is 18.2 Å². The second kappa shape index (κ2) is 5.95. The molecule has 1 aromatic rings. The highest BCUT2D eigenvalue weighted by Gasteiger charge is 2.21. The Morgan fingerprint density at radius 3 is 2.75 bits per heavy atom. The minimum absolute atomic E-state index is 0.0898. The fourth-order valence-corrected chi connectivity index (χ4v) is 2.52. The Hall–Kier alpha value is -1.36. The van der Waals surface area contributed by atoms with Crippen molar-refractivity contribution in [3.63, 3.8) is 0 Å². The zero-order valence-electron chi connectivity index (χ0n) is 13.1. The van der Waals surface area contributed by atoms with E-state index in [0.29, 0.717) is 11.9 Å². The number of aromatic nitrogens is 2. The molecule has 1 aromatic heterocycles. The van der Waals surface area contributed by atoms with Crippen molar-refractivity contribution in [2.24, 2.45) is 0 Å². The number of nitrogens with zero attached hydrogens (tertiary/aromatic N) is 3. The normalized spacial score (nSPS) is 20.9. The summed E-state index contributed by atoms with van der Waals surface area (Å²) in [5.41, 5.74) is 5.80. The summed E-state index contributed by atoms with van der Waals surface area (Å²) in [6.45, 7) is 8.39. The van der Waals surface area contributed by atoms with Crippen molar-refractivity contribution in [1.29, 1.82) is 0 Å². The van der Waals surface area contributed by atoms with Gasteiger partial charge in [-0.25, -0.2) is 9.97 Å². The van der Waals surface area contributed by atoms with E-state index in [4.69, 9.17) is 5.73 Å². The molecule has 1 unspecified atom stereocenters. The Balaban J connectivity index is 2.04. The second-order valence-corrected chi connectivity index (χ2v) is 6.76. The Morgan fingerprint density at radius 1 is 1.35 bits per heavy atom. The summed E-state index contributed by atoms with van der Waals surface area (Å²) in [7, 11) is 2.19. The van der Waals surface area contributed by atoms with Gasteiger partial charge in [0.15, 0.2) is 0 Å². The van der Waals surface area contributed by atoms with Crippen LogP contribution in [0.2, 0.25) is 0 Å². The quantitative estimate of drug-likeness (QED) is 0.887. The van der Waals surface area contributed by atoms with Gasteiger partial charge in [-0.3, -0.25) is 0 Å². The number of piperidine rings is 1. The maximum absolute atomic E-state index is 5.89. The molecular formula is C15H27N5. The van der Waals surface area contributed by atoms with Crippen molar-refractivity contribution < 1.29 is 0 Å². The third-order valence-electron chi connectivity index (χ3n) is 3.86. The minimum atomic E-state index is -0.0898. The molecule has 1 aliphatic heterocycles. The van der Waals surface area contributed by atoms with Crippen molar-refractivity contribution >= 4 is 11.6 Å². The standard InChI is InChI=1S/C15H27N5/c1-15(2,3)14-18-12(16)9-13(19-14)17-10-11-7-5-6-8-20(11)4/h9,11H,5-8,10H2,1-4H3,(H3,16,17,18,19). The molecule has 3 N–H and O–H groups in total. The van der Waals surface area contributed by atoms with Crippen LogP contribution in [0.5, 0.6) is 0 Å². The van der Waals surface area contributed by atoms with Gasteiger partial charge >= 0.3 is 0 Å². The SMILES string of the molecule is CN1CCCCC1CNc1cc(N)nc(C(C)(C)C)n1. The Kier molecular flexibility index (Phi) is 4.48. The van der Waals surface area contributed by atoms with E-state index < -0.39 is 0 Å². The van der Waals surface area contributed by atoms with Crippen molar-refractivity contribution in [3.05, 3.63) is 11.9 Å². The third kappa shape index (κ3) is 3.82. The number of hydrogen-bond acceptors (Lipinski definition) is 5. The lowest BCUT2D eigenvalue weighted by atomic mass is 9.96. The first kappa shape index (κ1) is 15.0. The molecule has 0 spiro atoms. The molecule has 1 aliphatic rings. The lowest BCUT2D eigenvalue weighted by molar-refractivity contribution is 0.194. The van der Waals surface area contributed by atoms with Crippen molar-refractivity contribution in [2.75, 3.05) is 31.2 Å². The lowest BCUT2D eigenvalue weighted by Gasteiger charge is -2.32. The van der Waals surface area contributed by atoms with E-state index in [-0.39, 0.29) is 5.41 Å². The van der Waals surface area contributed by atoms with Gasteiger partial charge in [0.05, 0.1) is 0 Å². The fourth-order valence-electron chi connectivity index (χ4n) is 2.52. The van der Waals surface area contributed by atoms with Gasteiger partial charge in [-0.1, -0.05) is 27.2 Å². The van der Waals surface area contributed by atoms with Gasteiger partial charge in [0.2, 0.25) is 0 Å². The van der Waals surface area contributed by atoms with Gasteiger partial charge < -0.3 is 16.0 Å². The van der Waals surface area contributed by atoms with E-state index in [2.05, 4.69) is 48.0 Å². The van der Waals surface area contributed by atoms with Crippen molar-refractivity contribution in [3.8, 4) is 0 Å². The number of hydrogen-bond donors (Lipinski definition) is 2. The molecule has 2 rings (SSSR count). The monoisotopic (exact) mass is 277 g/mol. The number of nitrogens with one attached hydrogen (secondary N) is 1. The van der Waals surface area contributed by atoms with Crippen molar-refractivity contribution in [2.45, 2.75) is 51.5 Å². The van der Waals surface area contributed by atoms with E-state index >= 15 is 0 Å².